The molecule has 0 saturated heterocycles. The van der Waals surface area contributed by atoms with Crippen LogP contribution in [0.15, 0.2) is 24.3 Å². The summed E-state index contributed by atoms with van der Waals surface area (Å²) in [7, 11) is 0. The number of amides is 1. The van der Waals surface area contributed by atoms with Crippen LogP contribution in [0.1, 0.15) is 43.1 Å². The molecule has 5 nitrogen and oxygen atoms in total. The van der Waals surface area contributed by atoms with Crippen LogP contribution in [0, 0.1) is 16.7 Å². The second kappa shape index (κ2) is 6.07. The highest BCUT2D eigenvalue weighted by Crippen LogP contribution is 2.50. The fraction of sp³-hybridized carbons (Fsp3) is 0.529. The summed E-state index contributed by atoms with van der Waals surface area (Å²) in [6.45, 7) is 6.59. The Balaban J connectivity index is 1.98. The van der Waals surface area contributed by atoms with Gasteiger partial charge in [0.2, 0.25) is 0 Å². The van der Waals surface area contributed by atoms with Crippen molar-refractivity contribution in [1.29, 1.82) is 5.26 Å². The third-order valence-electron chi connectivity index (χ3n) is 4.69. The molecule has 0 spiro atoms. The van der Waals surface area contributed by atoms with E-state index in [9.17, 15) is 9.90 Å². The molecule has 0 bridgehead atoms. The predicted octanol–water partition coefficient (Wildman–Crippen LogP) is 1.85. The van der Waals surface area contributed by atoms with Gasteiger partial charge in [-0.2, -0.15) is 5.26 Å². The number of nitrogens with zero attached hydrogens (tertiary/aromatic N) is 1. The van der Waals surface area contributed by atoms with Crippen molar-refractivity contribution in [3.63, 3.8) is 0 Å². The van der Waals surface area contributed by atoms with Gasteiger partial charge in [0.1, 0.15) is 0 Å². The van der Waals surface area contributed by atoms with Crippen LogP contribution in [0.2, 0.25) is 0 Å². The highest BCUT2D eigenvalue weighted by Gasteiger charge is 2.59. The minimum Gasteiger partial charge on any atom is -0.387 e. The molecule has 1 aliphatic rings. The smallest absolute Gasteiger partial charge is 0.251 e. The Kier molecular flexibility index (Phi) is 4.55. The molecule has 2 atom stereocenters. The molecule has 0 heterocycles. The van der Waals surface area contributed by atoms with E-state index in [2.05, 4.69) is 5.32 Å². The van der Waals surface area contributed by atoms with E-state index in [-0.39, 0.29) is 18.6 Å². The molecule has 0 radical (unpaired) electrons. The zero-order chi connectivity index (χ0) is 16.4. The summed E-state index contributed by atoms with van der Waals surface area (Å²) in [5.41, 5.74) is -0.534. The quantitative estimate of drug-likeness (QED) is 0.869. The third kappa shape index (κ3) is 2.85. The molecule has 2 N–H and O–H groups in total. The van der Waals surface area contributed by atoms with E-state index in [1.165, 1.54) is 6.07 Å². The lowest BCUT2D eigenvalue weighted by Gasteiger charge is -2.57. The van der Waals surface area contributed by atoms with Crippen LogP contribution in [-0.2, 0) is 4.74 Å². The summed E-state index contributed by atoms with van der Waals surface area (Å²) in [6.07, 6.45) is 0.508. The highest BCUT2D eigenvalue weighted by atomic mass is 16.5. The van der Waals surface area contributed by atoms with Crippen molar-refractivity contribution in [2.24, 2.45) is 5.41 Å². The molecule has 2 rings (SSSR count). The van der Waals surface area contributed by atoms with Crippen LogP contribution in [0.3, 0.4) is 0 Å². The van der Waals surface area contributed by atoms with Gasteiger partial charge in [-0.3, -0.25) is 4.79 Å². The molecule has 1 aliphatic carbocycles. The first-order valence-electron chi connectivity index (χ1n) is 7.46. The Morgan fingerprint density at radius 2 is 2.27 bits per heavy atom. The highest BCUT2D eigenvalue weighted by molar-refractivity contribution is 5.94. The number of aliphatic hydroxyl groups is 1. The van der Waals surface area contributed by atoms with Crippen LogP contribution in [0.5, 0.6) is 0 Å². The molecular formula is C17H22N2O3. The first kappa shape index (κ1) is 16.5. The standard InChI is InChI=1S/C17H22N2O3/c1-4-22-14-9-17(21,16(14,2)3)11-19-15(20)13-7-5-6-12(8-13)10-18/h5-8,14,21H,4,9,11H2,1-3H3,(H,19,20)/t14-,17+/m1/s1. The summed E-state index contributed by atoms with van der Waals surface area (Å²) < 4.78 is 5.60. The van der Waals surface area contributed by atoms with Gasteiger partial charge < -0.3 is 15.2 Å². The maximum Gasteiger partial charge on any atom is 0.251 e. The van der Waals surface area contributed by atoms with E-state index >= 15 is 0 Å². The average molecular weight is 302 g/mol. The average Bonchev–Trinajstić information content (AvgIpc) is 2.52. The van der Waals surface area contributed by atoms with Gasteiger partial charge in [0.15, 0.2) is 0 Å². The number of carbonyl (C=O) groups excluding carboxylic acids is 1. The van der Waals surface area contributed by atoms with Gasteiger partial charge in [0, 0.05) is 30.6 Å². The van der Waals surface area contributed by atoms with Gasteiger partial charge in [0.25, 0.3) is 5.91 Å². The van der Waals surface area contributed by atoms with E-state index in [0.717, 1.165) is 0 Å². The van der Waals surface area contributed by atoms with Crippen LogP contribution < -0.4 is 5.32 Å². The van der Waals surface area contributed by atoms with E-state index < -0.39 is 11.0 Å². The normalized spacial score (nSPS) is 25.9. The summed E-state index contributed by atoms with van der Waals surface area (Å²) in [4.78, 5) is 12.2. The van der Waals surface area contributed by atoms with Crippen molar-refractivity contribution in [3.8, 4) is 6.07 Å². The van der Waals surface area contributed by atoms with Crippen molar-refractivity contribution in [2.45, 2.75) is 38.9 Å². The predicted molar refractivity (Wildman–Crippen MR) is 82.3 cm³/mol. The molecule has 0 unspecified atom stereocenters. The number of nitriles is 1. The number of benzene rings is 1. The lowest BCUT2D eigenvalue weighted by atomic mass is 9.56. The Labute approximate surface area is 130 Å². The van der Waals surface area contributed by atoms with Crippen molar-refractivity contribution < 1.29 is 14.6 Å². The van der Waals surface area contributed by atoms with Crippen LogP contribution in [0.25, 0.3) is 0 Å². The fourth-order valence-corrected chi connectivity index (χ4v) is 2.82. The van der Waals surface area contributed by atoms with Crippen LogP contribution >= 0.6 is 0 Å². The summed E-state index contributed by atoms with van der Waals surface area (Å²) in [5.74, 6) is -0.291. The van der Waals surface area contributed by atoms with Gasteiger partial charge in [-0.25, -0.2) is 0 Å². The Morgan fingerprint density at radius 1 is 1.55 bits per heavy atom. The summed E-state index contributed by atoms with van der Waals surface area (Å²) >= 11 is 0. The van der Waals surface area contributed by atoms with E-state index in [0.29, 0.717) is 24.2 Å². The minimum absolute atomic E-state index is 0.00122. The molecule has 1 aromatic carbocycles. The van der Waals surface area contributed by atoms with Gasteiger partial charge in [-0.15, -0.1) is 0 Å². The van der Waals surface area contributed by atoms with Gasteiger partial charge in [0.05, 0.1) is 23.3 Å². The van der Waals surface area contributed by atoms with Crippen molar-refractivity contribution in [2.75, 3.05) is 13.2 Å². The van der Waals surface area contributed by atoms with Crippen molar-refractivity contribution >= 4 is 5.91 Å². The molecular weight excluding hydrogens is 280 g/mol. The Bertz CT molecular complexity index is 606. The molecule has 5 heteroatoms. The number of rotatable bonds is 5. The first-order chi connectivity index (χ1) is 10.3. The van der Waals surface area contributed by atoms with Crippen molar-refractivity contribution in [1.82, 2.24) is 5.32 Å². The lowest BCUT2D eigenvalue weighted by molar-refractivity contribution is -0.237. The monoisotopic (exact) mass is 302 g/mol. The van der Waals surface area contributed by atoms with Crippen LogP contribution in [0.4, 0.5) is 0 Å². The van der Waals surface area contributed by atoms with Gasteiger partial charge in [-0.05, 0) is 25.1 Å². The van der Waals surface area contributed by atoms with Gasteiger partial charge in [-0.1, -0.05) is 19.9 Å². The molecule has 1 amide bonds. The SMILES string of the molecule is CCO[C@@H]1C[C@](O)(CNC(=O)c2cccc(C#N)c2)C1(C)C. The maximum absolute atomic E-state index is 12.2. The Morgan fingerprint density at radius 3 is 2.86 bits per heavy atom. The Hall–Kier alpha value is -1.90. The zero-order valence-electron chi connectivity index (χ0n) is 13.2. The van der Waals surface area contributed by atoms with E-state index in [1.54, 1.807) is 18.2 Å². The fourth-order valence-electron chi connectivity index (χ4n) is 2.82. The minimum atomic E-state index is -0.977. The number of nitrogens with one attached hydrogen (secondary N) is 1. The lowest BCUT2D eigenvalue weighted by Crippen LogP contribution is -2.68. The molecule has 1 aromatic rings. The third-order valence-corrected chi connectivity index (χ3v) is 4.69. The maximum atomic E-state index is 12.2. The largest absolute Gasteiger partial charge is 0.387 e. The number of hydrogen-bond acceptors (Lipinski definition) is 4. The number of hydrogen-bond donors (Lipinski definition) is 2. The molecule has 1 fully saturated rings. The van der Waals surface area contributed by atoms with Crippen LogP contribution in [-0.4, -0.2) is 35.9 Å². The first-order valence-corrected chi connectivity index (χ1v) is 7.46. The molecule has 0 aliphatic heterocycles. The van der Waals surface area contributed by atoms with Gasteiger partial charge >= 0.3 is 0 Å². The molecule has 1 saturated carbocycles. The zero-order valence-corrected chi connectivity index (χ0v) is 13.2. The second-order valence-corrected chi connectivity index (χ2v) is 6.28. The molecule has 0 aromatic heterocycles. The molecule has 22 heavy (non-hydrogen) atoms. The second-order valence-electron chi connectivity index (χ2n) is 6.28. The summed E-state index contributed by atoms with van der Waals surface area (Å²) in [5, 5.41) is 22.3. The van der Waals surface area contributed by atoms with Crippen molar-refractivity contribution in [3.05, 3.63) is 35.4 Å². The number of ether oxygens (including phenoxy) is 1. The number of carbonyl (C=O) groups is 1. The topological polar surface area (TPSA) is 82.3 Å². The molecule has 118 valence electrons. The van der Waals surface area contributed by atoms with E-state index in [4.69, 9.17) is 10.00 Å². The summed E-state index contributed by atoms with van der Waals surface area (Å²) in [6, 6.07) is 8.50. The van der Waals surface area contributed by atoms with E-state index in [1.807, 2.05) is 26.8 Å².